The van der Waals surface area contributed by atoms with Gasteiger partial charge in [0, 0.05) is 12.1 Å². The van der Waals surface area contributed by atoms with Gasteiger partial charge in [0.15, 0.2) is 0 Å². The van der Waals surface area contributed by atoms with Gasteiger partial charge in [0.2, 0.25) is 0 Å². The maximum absolute atomic E-state index is 12.7. The van der Waals surface area contributed by atoms with Gasteiger partial charge in [0.25, 0.3) is 15.7 Å². The number of sulfone groups is 1. The van der Waals surface area contributed by atoms with Crippen LogP contribution < -0.4 is 19.4 Å². The lowest BCUT2D eigenvalue weighted by Crippen LogP contribution is -2.31. The number of amides is 1. The molecule has 11 nitrogen and oxygen atoms in total. The van der Waals surface area contributed by atoms with Crippen LogP contribution in [-0.4, -0.2) is 38.4 Å². The summed E-state index contributed by atoms with van der Waals surface area (Å²) in [5.74, 6) is 0.0841. The van der Waals surface area contributed by atoms with Crippen molar-refractivity contribution in [2.75, 3.05) is 18.2 Å². The average molecular weight is 472 g/mol. The van der Waals surface area contributed by atoms with Crippen molar-refractivity contribution in [3.8, 4) is 11.6 Å². The predicted molar refractivity (Wildman–Crippen MR) is 115 cm³/mol. The zero-order chi connectivity index (χ0) is 23.4. The third-order valence-corrected chi connectivity index (χ3v) is 6.37. The van der Waals surface area contributed by atoms with Gasteiger partial charge in [-0.2, -0.15) is 5.10 Å². The zero-order valence-electron chi connectivity index (χ0n) is 17.6. The summed E-state index contributed by atoms with van der Waals surface area (Å²) in [4.78, 5) is 11.6. The molecule has 2 heterocycles. The van der Waals surface area contributed by atoms with E-state index >= 15 is 0 Å². The van der Waals surface area contributed by atoms with E-state index in [4.69, 9.17) is 9.47 Å². The van der Waals surface area contributed by atoms with Gasteiger partial charge in [-0.1, -0.05) is 18.2 Å². The minimum atomic E-state index is -4.16. The van der Waals surface area contributed by atoms with Gasteiger partial charge < -0.3 is 14.7 Å². The molecule has 172 valence electrons. The molecular weight excluding hydrogens is 452 g/mol. The Morgan fingerprint density at radius 1 is 1.09 bits per heavy atom. The molecule has 0 atom stereocenters. The van der Waals surface area contributed by atoms with E-state index in [2.05, 4.69) is 14.9 Å². The first-order valence-electron chi connectivity index (χ1n) is 9.99. The molecule has 0 unspecified atom stereocenters. The fourth-order valence-electron chi connectivity index (χ4n) is 3.10. The van der Waals surface area contributed by atoms with Gasteiger partial charge in [-0.05, 0) is 48.2 Å². The average Bonchev–Trinajstić information content (AvgIpc) is 3.35. The van der Waals surface area contributed by atoms with Crippen LogP contribution in [0.4, 0.5) is 5.69 Å². The zero-order valence-corrected chi connectivity index (χ0v) is 18.4. The molecule has 33 heavy (non-hydrogen) atoms. The van der Waals surface area contributed by atoms with Crippen LogP contribution in [0.1, 0.15) is 19.8 Å². The standard InChI is InChI=1S/C21H20N4O7S/c1-15-14-19(26)24(22-15)16-8-10-17(11-9-16)30-12-5-13-31-20-21(25(27)32-23-20)33(28,29)18-6-3-2-4-7-18/h2-4,6-11H,5,12-14H2,1H3. The van der Waals surface area contributed by atoms with Crippen LogP contribution in [-0.2, 0) is 14.6 Å². The number of nitrogens with zero attached hydrogens (tertiary/aromatic N) is 4. The molecule has 0 saturated carbocycles. The van der Waals surface area contributed by atoms with Crippen molar-refractivity contribution < 1.29 is 32.2 Å². The quantitative estimate of drug-likeness (QED) is 0.341. The molecule has 2 aromatic carbocycles. The molecular formula is C21H20N4O7S. The smallest absolute Gasteiger partial charge is 0.414 e. The number of carbonyl (C=O) groups excluding carboxylic acids is 1. The summed E-state index contributed by atoms with van der Waals surface area (Å²) < 4.78 is 40.9. The second-order valence-corrected chi connectivity index (χ2v) is 8.98. The van der Waals surface area contributed by atoms with Crippen molar-refractivity contribution in [3.05, 3.63) is 59.8 Å². The number of anilines is 1. The number of hydrazone groups is 1. The molecule has 1 aliphatic rings. The van der Waals surface area contributed by atoms with Gasteiger partial charge in [-0.3, -0.25) is 9.42 Å². The third-order valence-electron chi connectivity index (χ3n) is 4.65. The summed E-state index contributed by atoms with van der Waals surface area (Å²) in [5, 5.41) is 20.1. The van der Waals surface area contributed by atoms with Crippen molar-refractivity contribution in [2.45, 2.75) is 29.7 Å². The predicted octanol–water partition coefficient (Wildman–Crippen LogP) is 2.10. The minimum Gasteiger partial charge on any atom is -0.493 e. The summed E-state index contributed by atoms with van der Waals surface area (Å²) in [6, 6.07) is 14.4. The molecule has 12 heteroatoms. The maximum Gasteiger partial charge on any atom is 0.414 e. The van der Waals surface area contributed by atoms with Crippen molar-refractivity contribution in [3.63, 3.8) is 0 Å². The minimum absolute atomic E-state index is 0.0399. The lowest BCUT2D eigenvalue weighted by Gasteiger charge is -2.12. The van der Waals surface area contributed by atoms with Gasteiger partial charge in [0.1, 0.15) is 5.75 Å². The molecule has 3 aromatic rings. The van der Waals surface area contributed by atoms with Gasteiger partial charge in [-0.15, -0.1) is 0 Å². The Balaban J connectivity index is 1.30. The number of ether oxygens (including phenoxy) is 2. The first-order valence-corrected chi connectivity index (χ1v) is 11.5. The molecule has 0 aliphatic carbocycles. The number of benzene rings is 2. The van der Waals surface area contributed by atoms with Crippen LogP contribution in [0, 0.1) is 5.21 Å². The maximum atomic E-state index is 12.7. The molecule has 1 aromatic heterocycles. The summed E-state index contributed by atoms with van der Waals surface area (Å²) in [6.45, 7) is 2.10. The summed E-state index contributed by atoms with van der Waals surface area (Å²) in [6.07, 6.45) is 0.691. The summed E-state index contributed by atoms with van der Waals surface area (Å²) in [7, 11) is -4.16. The topological polar surface area (TPSA) is 138 Å². The van der Waals surface area contributed by atoms with Gasteiger partial charge >= 0.3 is 10.9 Å². The Morgan fingerprint density at radius 3 is 2.45 bits per heavy atom. The van der Waals surface area contributed by atoms with Gasteiger partial charge in [-0.25, -0.2) is 13.4 Å². The SMILES string of the molecule is CC1=NN(c2ccc(OCCCOc3no[n+]([O-])c3S(=O)(=O)c3ccccc3)cc2)C(=O)C1. The highest BCUT2D eigenvalue weighted by Gasteiger charge is 2.35. The number of carbonyl (C=O) groups is 1. The van der Waals surface area contributed by atoms with E-state index in [9.17, 15) is 18.4 Å². The largest absolute Gasteiger partial charge is 0.493 e. The number of hydrogen-bond donors (Lipinski definition) is 0. The molecule has 0 spiro atoms. The fraction of sp³-hybridized carbons (Fsp3) is 0.238. The highest BCUT2D eigenvalue weighted by Crippen LogP contribution is 2.25. The Bertz CT molecular complexity index is 1270. The molecule has 0 N–H and O–H groups in total. The van der Waals surface area contributed by atoms with Crippen LogP contribution in [0.3, 0.4) is 0 Å². The molecule has 1 amide bonds. The lowest BCUT2D eigenvalue weighted by atomic mass is 10.2. The second-order valence-electron chi connectivity index (χ2n) is 7.12. The summed E-state index contributed by atoms with van der Waals surface area (Å²) >= 11 is 0. The van der Waals surface area contributed by atoms with Crippen molar-refractivity contribution in [2.24, 2.45) is 5.10 Å². The second kappa shape index (κ2) is 9.28. The lowest BCUT2D eigenvalue weighted by molar-refractivity contribution is -0.832. The van der Waals surface area contributed by atoms with Crippen molar-refractivity contribution in [1.29, 1.82) is 0 Å². The molecule has 0 bridgehead atoms. The van der Waals surface area contributed by atoms with Crippen LogP contribution >= 0.6 is 0 Å². The number of aromatic nitrogens is 2. The van der Waals surface area contributed by atoms with Crippen LogP contribution in [0.2, 0.25) is 0 Å². The highest BCUT2D eigenvalue weighted by atomic mass is 32.2. The normalized spacial score (nSPS) is 13.8. The van der Waals surface area contributed by atoms with E-state index < -0.39 is 20.7 Å². The number of hydrogen-bond acceptors (Lipinski definition) is 9. The van der Waals surface area contributed by atoms with E-state index in [1.54, 1.807) is 37.3 Å². The monoisotopic (exact) mass is 472 g/mol. The van der Waals surface area contributed by atoms with E-state index in [1.807, 2.05) is 0 Å². The van der Waals surface area contributed by atoms with Crippen molar-refractivity contribution >= 4 is 27.1 Å². The number of rotatable bonds is 9. The Hall–Kier alpha value is -3.93. The van der Waals surface area contributed by atoms with E-state index in [-0.39, 0.29) is 28.9 Å². The van der Waals surface area contributed by atoms with Crippen molar-refractivity contribution in [1.82, 2.24) is 5.16 Å². The highest BCUT2D eigenvalue weighted by molar-refractivity contribution is 7.91. The first kappa shape index (κ1) is 22.3. The van der Waals surface area contributed by atoms with Crippen LogP contribution in [0.25, 0.3) is 0 Å². The first-order chi connectivity index (χ1) is 15.9. The third kappa shape index (κ3) is 4.80. The van der Waals surface area contributed by atoms with Gasteiger partial charge in [0.05, 0.1) is 35.4 Å². The fourth-order valence-corrected chi connectivity index (χ4v) is 4.39. The Morgan fingerprint density at radius 2 is 1.79 bits per heavy atom. The van der Waals surface area contributed by atoms with E-state index in [1.165, 1.54) is 29.3 Å². The molecule has 0 radical (unpaired) electrons. The molecule has 0 fully saturated rings. The van der Waals surface area contributed by atoms with E-state index in [0.717, 1.165) is 5.71 Å². The summed E-state index contributed by atoms with van der Waals surface area (Å²) in [5.41, 5.74) is 1.41. The Labute approximate surface area is 189 Å². The molecule has 0 saturated heterocycles. The van der Waals surface area contributed by atoms with Crippen LogP contribution in [0.5, 0.6) is 11.6 Å². The Kier molecular flexibility index (Phi) is 6.27. The molecule has 4 rings (SSSR count). The molecule has 1 aliphatic heterocycles. The van der Waals surface area contributed by atoms with Crippen LogP contribution in [0.15, 0.2) is 74.2 Å². The van der Waals surface area contributed by atoms with E-state index in [0.29, 0.717) is 24.3 Å².